The summed E-state index contributed by atoms with van der Waals surface area (Å²) >= 11 is 4.72. The summed E-state index contributed by atoms with van der Waals surface area (Å²) < 4.78 is 0.928. The average molecular weight is 353 g/mol. The third kappa shape index (κ3) is 3.68. The Kier molecular flexibility index (Phi) is 4.92. The van der Waals surface area contributed by atoms with Gasteiger partial charge in [0, 0.05) is 19.2 Å². The minimum Gasteiger partial charge on any atom is -0.355 e. The number of benzene rings is 1. The van der Waals surface area contributed by atoms with Crippen LogP contribution in [0.4, 0.5) is 0 Å². The quantitative estimate of drug-likeness (QED) is 0.888. The molecule has 0 fully saturated rings. The third-order valence-corrected chi connectivity index (χ3v) is 4.32. The fourth-order valence-electron chi connectivity index (χ4n) is 1.62. The number of hydrogen-bond acceptors (Lipinski definition) is 3. The predicted molar refractivity (Wildman–Crippen MR) is 83.0 cm³/mol. The highest BCUT2D eigenvalue weighted by Crippen LogP contribution is 2.21. The molecule has 1 aromatic heterocycles. The number of carbonyl (C=O) groups is 2. The van der Waals surface area contributed by atoms with E-state index in [1.807, 2.05) is 18.2 Å². The summed E-state index contributed by atoms with van der Waals surface area (Å²) in [5.41, 5.74) is 1.55. The van der Waals surface area contributed by atoms with Gasteiger partial charge >= 0.3 is 0 Å². The van der Waals surface area contributed by atoms with Gasteiger partial charge < -0.3 is 10.6 Å². The first kappa shape index (κ1) is 14.7. The molecule has 6 heteroatoms. The van der Waals surface area contributed by atoms with Crippen molar-refractivity contribution in [3.63, 3.8) is 0 Å². The van der Waals surface area contributed by atoms with Gasteiger partial charge in [0.25, 0.3) is 11.8 Å². The zero-order valence-corrected chi connectivity index (χ0v) is 13.2. The van der Waals surface area contributed by atoms with Crippen LogP contribution in [-0.2, 0) is 6.54 Å². The maximum Gasteiger partial charge on any atom is 0.261 e. The van der Waals surface area contributed by atoms with E-state index in [4.69, 9.17) is 0 Å². The molecule has 0 bridgehead atoms. The number of hydrogen-bond donors (Lipinski definition) is 2. The lowest BCUT2D eigenvalue weighted by molar-refractivity contribution is 0.0949. The Balaban J connectivity index is 1.94. The molecule has 2 aromatic rings. The lowest BCUT2D eigenvalue weighted by Crippen LogP contribution is -2.22. The van der Waals surface area contributed by atoms with Gasteiger partial charge in [0.2, 0.25) is 0 Å². The molecule has 1 aromatic carbocycles. The fraction of sp³-hybridized carbons (Fsp3) is 0.143. The molecule has 0 atom stereocenters. The minimum absolute atomic E-state index is 0.101. The van der Waals surface area contributed by atoms with Crippen molar-refractivity contribution in [2.24, 2.45) is 0 Å². The van der Waals surface area contributed by atoms with Crippen LogP contribution >= 0.6 is 27.3 Å². The van der Waals surface area contributed by atoms with Gasteiger partial charge in [-0.2, -0.15) is 0 Å². The Hall–Kier alpha value is -1.66. The summed E-state index contributed by atoms with van der Waals surface area (Å²) in [6, 6.07) is 10.8. The lowest BCUT2D eigenvalue weighted by Gasteiger charge is -2.05. The molecule has 0 aliphatic rings. The van der Waals surface area contributed by atoms with Crippen molar-refractivity contribution in [3.8, 4) is 0 Å². The first-order valence-corrected chi connectivity index (χ1v) is 7.55. The lowest BCUT2D eigenvalue weighted by atomic mass is 10.1. The summed E-state index contributed by atoms with van der Waals surface area (Å²) in [5, 5.41) is 5.40. The van der Waals surface area contributed by atoms with Crippen molar-refractivity contribution in [2.45, 2.75) is 6.54 Å². The maximum absolute atomic E-state index is 11.9. The predicted octanol–water partition coefficient (Wildman–Crippen LogP) is 2.80. The van der Waals surface area contributed by atoms with Gasteiger partial charge in [0.05, 0.1) is 8.66 Å². The molecular weight excluding hydrogens is 340 g/mol. The van der Waals surface area contributed by atoms with Crippen LogP contribution in [0.25, 0.3) is 0 Å². The molecule has 0 saturated carbocycles. The fourth-order valence-corrected chi connectivity index (χ4v) is 2.93. The van der Waals surface area contributed by atoms with E-state index >= 15 is 0 Å². The number of nitrogens with one attached hydrogen (secondary N) is 2. The zero-order chi connectivity index (χ0) is 14.5. The highest BCUT2D eigenvalue weighted by molar-refractivity contribution is 9.11. The molecule has 4 nitrogen and oxygen atoms in total. The molecule has 0 radical (unpaired) electrons. The van der Waals surface area contributed by atoms with Crippen molar-refractivity contribution in [2.75, 3.05) is 7.05 Å². The molecule has 104 valence electrons. The largest absolute Gasteiger partial charge is 0.355 e. The molecular formula is C14H13BrN2O2S. The van der Waals surface area contributed by atoms with Crippen molar-refractivity contribution >= 4 is 39.1 Å². The van der Waals surface area contributed by atoms with Crippen molar-refractivity contribution in [1.82, 2.24) is 10.6 Å². The standard InChI is InChI=1S/C14H13BrN2O2S/c1-16-13(18)10-4-2-9(3-5-10)8-17-14(19)11-6-7-12(15)20-11/h2-7H,8H2,1H3,(H,16,18)(H,17,19). The molecule has 0 saturated heterocycles. The van der Waals surface area contributed by atoms with E-state index in [2.05, 4.69) is 26.6 Å². The number of carbonyl (C=O) groups excluding carboxylic acids is 2. The Morgan fingerprint density at radius 1 is 1.10 bits per heavy atom. The van der Waals surface area contributed by atoms with E-state index in [1.165, 1.54) is 11.3 Å². The average Bonchev–Trinajstić information content (AvgIpc) is 2.91. The monoisotopic (exact) mass is 352 g/mol. The Morgan fingerprint density at radius 3 is 2.35 bits per heavy atom. The topological polar surface area (TPSA) is 58.2 Å². The summed E-state index contributed by atoms with van der Waals surface area (Å²) in [6.07, 6.45) is 0. The minimum atomic E-state index is -0.121. The first-order chi connectivity index (χ1) is 9.60. The van der Waals surface area contributed by atoms with Crippen LogP contribution in [-0.4, -0.2) is 18.9 Å². The van der Waals surface area contributed by atoms with E-state index in [1.54, 1.807) is 25.2 Å². The zero-order valence-electron chi connectivity index (χ0n) is 10.8. The Bertz CT molecular complexity index is 622. The summed E-state index contributed by atoms with van der Waals surface area (Å²) in [5.74, 6) is -0.222. The molecule has 0 aliphatic carbocycles. The van der Waals surface area contributed by atoms with Gasteiger partial charge in [-0.3, -0.25) is 9.59 Å². The number of rotatable bonds is 4. The van der Waals surface area contributed by atoms with E-state index < -0.39 is 0 Å². The van der Waals surface area contributed by atoms with Gasteiger partial charge in [-0.05, 0) is 45.8 Å². The number of thiophene rings is 1. The smallest absolute Gasteiger partial charge is 0.261 e. The SMILES string of the molecule is CNC(=O)c1ccc(CNC(=O)c2ccc(Br)s2)cc1. The Morgan fingerprint density at radius 2 is 1.80 bits per heavy atom. The summed E-state index contributed by atoms with van der Waals surface area (Å²) in [4.78, 5) is 23.9. The van der Waals surface area contributed by atoms with E-state index in [0.717, 1.165) is 9.35 Å². The summed E-state index contributed by atoms with van der Waals surface area (Å²) in [6.45, 7) is 0.433. The number of amides is 2. The molecule has 0 aliphatic heterocycles. The highest BCUT2D eigenvalue weighted by Gasteiger charge is 2.08. The second kappa shape index (κ2) is 6.67. The molecule has 2 N–H and O–H groups in total. The Labute approximate surface area is 129 Å². The van der Waals surface area contributed by atoms with Gasteiger partial charge in [-0.25, -0.2) is 0 Å². The van der Waals surface area contributed by atoms with E-state index in [-0.39, 0.29) is 11.8 Å². The molecule has 0 spiro atoms. The van der Waals surface area contributed by atoms with Crippen LogP contribution in [0.3, 0.4) is 0 Å². The van der Waals surface area contributed by atoms with Gasteiger partial charge in [0.1, 0.15) is 0 Å². The van der Waals surface area contributed by atoms with Gasteiger partial charge in [0.15, 0.2) is 0 Å². The highest BCUT2D eigenvalue weighted by atomic mass is 79.9. The van der Waals surface area contributed by atoms with Gasteiger partial charge in [-0.1, -0.05) is 12.1 Å². The normalized spacial score (nSPS) is 10.1. The molecule has 20 heavy (non-hydrogen) atoms. The number of halogens is 1. The second-order valence-electron chi connectivity index (χ2n) is 4.06. The molecule has 0 unspecified atom stereocenters. The van der Waals surface area contributed by atoms with Crippen molar-refractivity contribution in [1.29, 1.82) is 0 Å². The van der Waals surface area contributed by atoms with Crippen LogP contribution in [0, 0.1) is 0 Å². The van der Waals surface area contributed by atoms with Crippen LogP contribution in [0.5, 0.6) is 0 Å². The third-order valence-electron chi connectivity index (χ3n) is 2.69. The molecule has 1 heterocycles. The first-order valence-electron chi connectivity index (χ1n) is 5.94. The van der Waals surface area contributed by atoms with Gasteiger partial charge in [-0.15, -0.1) is 11.3 Å². The van der Waals surface area contributed by atoms with Crippen LogP contribution < -0.4 is 10.6 Å². The summed E-state index contributed by atoms with van der Waals surface area (Å²) in [7, 11) is 1.59. The van der Waals surface area contributed by atoms with Crippen LogP contribution in [0.1, 0.15) is 25.6 Å². The van der Waals surface area contributed by atoms with E-state index in [0.29, 0.717) is 17.0 Å². The maximum atomic E-state index is 11.9. The van der Waals surface area contributed by atoms with Crippen molar-refractivity contribution in [3.05, 3.63) is 56.2 Å². The van der Waals surface area contributed by atoms with E-state index in [9.17, 15) is 9.59 Å². The van der Waals surface area contributed by atoms with Crippen LogP contribution in [0.15, 0.2) is 40.2 Å². The van der Waals surface area contributed by atoms with Crippen LogP contribution in [0.2, 0.25) is 0 Å². The molecule has 2 amide bonds. The molecule has 2 rings (SSSR count). The second-order valence-corrected chi connectivity index (χ2v) is 6.53. The van der Waals surface area contributed by atoms with Crippen molar-refractivity contribution < 1.29 is 9.59 Å².